The van der Waals surface area contributed by atoms with Crippen molar-refractivity contribution in [1.29, 1.82) is 0 Å². The van der Waals surface area contributed by atoms with Crippen molar-refractivity contribution in [2.24, 2.45) is 0 Å². The summed E-state index contributed by atoms with van der Waals surface area (Å²) >= 11 is 3.05. The molecule has 0 aliphatic carbocycles. The van der Waals surface area contributed by atoms with E-state index in [0.717, 1.165) is 6.07 Å². The largest absolute Gasteiger partial charge is 0.332 e. The quantitative estimate of drug-likeness (QED) is 0.878. The van der Waals surface area contributed by atoms with E-state index in [1.165, 1.54) is 12.3 Å². The number of imidazole rings is 1. The van der Waals surface area contributed by atoms with E-state index in [2.05, 4.69) is 30.6 Å². The zero-order valence-electron chi connectivity index (χ0n) is 10.9. The fourth-order valence-corrected chi connectivity index (χ4v) is 3.14. The van der Waals surface area contributed by atoms with Crippen molar-refractivity contribution in [3.8, 4) is 0 Å². The van der Waals surface area contributed by atoms with E-state index in [4.69, 9.17) is 0 Å². The van der Waals surface area contributed by atoms with E-state index in [1.807, 2.05) is 6.92 Å². The summed E-state index contributed by atoms with van der Waals surface area (Å²) in [5, 5.41) is -0.0444. The molecule has 1 aromatic carbocycles. The van der Waals surface area contributed by atoms with Crippen LogP contribution in [-0.2, 0) is 16.4 Å². The van der Waals surface area contributed by atoms with Gasteiger partial charge < -0.3 is 4.98 Å². The number of nitrogens with one attached hydrogen (secondary N) is 2. The Morgan fingerprint density at radius 3 is 2.75 bits per heavy atom. The molecule has 2 N–H and O–H groups in total. The number of aromatic amines is 1. The van der Waals surface area contributed by atoms with Gasteiger partial charge in [-0.05, 0) is 40.5 Å². The maximum atomic E-state index is 13.5. The number of aromatic nitrogens is 2. The zero-order chi connectivity index (χ0) is 14.9. The Labute approximate surface area is 124 Å². The molecule has 5 nitrogen and oxygen atoms in total. The molecule has 0 spiro atoms. The molecule has 108 valence electrons. The number of halogens is 2. The van der Waals surface area contributed by atoms with Crippen LogP contribution in [0.3, 0.4) is 0 Å². The summed E-state index contributed by atoms with van der Waals surface area (Å²) in [5.74, 6) is 0.0382. The normalized spacial score (nSPS) is 11.6. The molecule has 0 saturated heterocycles. The van der Waals surface area contributed by atoms with Gasteiger partial charge in [0, 0.05) is 6.42 Å². The van der Waals surface area contributed by atoms with Gasteiger partial charge in [0.25, 0.3) is 10.0 Å². The summed E-state index contributed by atoms with van der Waals surface area (Å²) in [7, 11) is -3.80. The van der Waals surface area contributed by atoms with E-state index < -0.39 is 15.8 Å². The molecule has 0 aliphatic rings. The number of benzene rings is 1. The first-order valence-electron chi connectivity index (χ1n) is 5.86. The van der Waals surface area contributed by atoms with E-state index >= 15 is 0 Å². The molecule has 8 heteroatoms. The number of rotatable bonds is 4. The van der Waals surface area contributed by atoms with Gasteiger partial charge in [-0.2, -0.15) is 8.42 Å². The van der Waals surface area contributed by atoms with Gasteiger partial charge in [0.1, 0.15) is 11.6 Å². The number of hydrogen-bond acceptors (Lipinski definition) is 3. The summed E-state index contributed by atoms with van der Waals surface area (Å²) in [6.45, 7) is 3.55. The maximum Gasteiger partial charge on any atom is 0.278 e. The van der Waals surface area contributed by atoms with Crippen LogP contribution in [0.4, 0.5) is 10.1 Å². The van der Waals surface area contributed by atoms with Crippen molar-refractivity contribution in [3.63, 3.8) is 0 Å². The van der Waals surface area contributed by atoms with Crippen molar-refractivity contribution in [1.82, 2.24) is 9.97 Å². The third kappa shape index (κ3) is 3.01. The highest BCUT2D eigenvalue weighted by Crippen LogP contribution is 2.25. The Balaban J connectivity index is 2.35. The molecule has 2 aromatic rings. The minimum absolute atomic E-state index is 0.0444. The number of sulfonamides is 1. The predicted molar refractivity (Wildman–Crippen MR) is 77.6 cm³/mol. The van der Waals surface area contributed by atoms with Gasteiger partial charge in [0.05, 0.1) is 16.4 Å². The van der Waals surface area contributed by atoms with Crippen LogP contribution < -0.4 is 4.72 Å². The Morgan fingerprint density at radius 1 is 1.45 bits per heavy atom. The molecule has 0 bridgehead atoms. The van der Waals surface area contributed by atoms with Crippen LogP contribution in [0.15, 0.2) is 27.8 Å². The summed E-state index contributed by atoms with van der Waals surface area (Å²) in [4.78, 5) is 6.64. The lowest BCUT2D eigenvalue weighted by molar-refractivity contribution is 0.597. The van der Waals surface area contributed by atoms with Gasteiger partial charge in [0.2, 0.25) is 0 Å². The number of aryl methyl sites for hydroxylation is 2. The van der Waals surface area contributed by atoms with Crippen molar-refractivity contribution in [3.05, 3.63) is 40.0 Å². The molecule has 2 rings (SSSR count). The molecule has 20 heavy (non-hydrogen) atoms. The molecule has 1 aromatic heterocycles. The number of anilines is 1. The average Bonchev–Trinajstić information content (AvgIpc) is 2.85. The lowest BCUT2D eigenvalue weighted by Gasteiger charge is -2.10. The second-order valence-electron chi connectivity index (χ2n) is 4.23. The van der Waals surface area contributed by atoms with Crippen molar-refractivity contribution >= 4 is 31.6 Å². The van der Waals surface area contributed by atoms with Crippen LogP contribution in [-0.4, -0.2) is 18.4 Å². The number of H-pyrrole nitrogens is 1. The standard InChI is InChI=1S/C12H13BrFN3O2S/c1-3-11-15-6-12(16-11)20(18,19)17-10-5-9(14)8(13)4-7(10)2/h4-6,17H,3H2,1-2H3,(H,15,16). The van der Waals surface area contributed by atoms with Crippen molar-refractivity contribution in [2.75, 3.05) is 4.72 Å². The first kappa shape index (κ1) is 15.0. The SMILES string of the molecule is CCc1ncc(S(=O)(=O)Nc2cc(F)c(Br)cc2C)[nH]1. The third-order valence-corrected chi connectivity index (χ3v) is 4.62. The molecule has 0 atom stereocenters. The van der Waals surface area contributed by atoms with Crippen molar-refractivity contribution in [2.45, 2.75) is 25.3 Å². The minimum Gasteiger partial charge on any atom is -0.332 e. The molecule has 0 fully saturated rings. The minimum atomic E-state index is -3.80. The Bertz CT molecular complexity index is 743. The van der Waals surface area contributed by atoms with Crippen LogP contribution in [0, 0.1) is 12.7 Å². The fourth-order valence-electron chi connectivity index (χ4n) is 1.62. The number of hydrogen-bond donors (Lipinski definition) is 2. The van der Waals surface area contributed by atoms with Gasteiger partial charge in [-0.25, -0.2) is 9.37 Å². The smallest absolute Gasteiger partial charge is 0.278 e. The Hall–Kier alpha value is -1.41. The monoisotopic (exact) mass is 361 g/mol. The first-order valence-corrected chi connectivity index (χ1v) is 8.13. The zero-order valence-corrected chi connectivity index (χ0v) is 13.3. The number of nitrogens with zero attached hydrogens (tertiary/aromatic N) is 1. The summed E-state index contributed by atoms with van der Waals surface area (Å²) < 4.78 is 40.5. The first-order chi connectivity index (χ1) is 9.33. The van der Waals surface area contributed by atoms with Gasteiger partial charge in [-0.15, -0.1) is 0 Å². The summed E-state index contributed by atoms with van der Waals surface area (Å²) in [6.07, 6.45) is 1.84. The van der Waals surface area contributed by atoms with E-state index in [1.54, 1.807) is 6.92 Å². The van der Waals surface area contributed by atoms with E-state index in [9.17, 15) is 12.8 Å². The summed E-state index contributed by atoms with van der Waals surface area (Å²) in [5.41, 5.74) is 0.801. The molecule has 0 unspecified atom stereocenters. The molecule has 0 amide bonds. The predicted octanol–water partition coefficient (Wildman–Crippen LogP) is 2.98. The molecule has 0 saturated carbocycles. The topological polar surface area (TPSA) is 74.8 Å². The highest BCUT2D eigenvalue weighted by atomic mass is 79.9. The lowest BCUT2D eigenvalue weighted by atomic mass is 10.2. The van der Waals surface area contributed by atoms with E-state index in [-0.39, 0.29) is 15.2 Å². The van der Waals surface area contributed by atoms with Gasteiger partial charge in [0.15, 0.2) is 5.03 Å². The summed E-state index contributed by atoms with van der Waals surface area (Å²) in [6, 6.07) is 2.64. The molecular weight excluding hydrogens is 349 g/mol. The lowest BCUT2D eigenvalue weighted by Crippen LogP contribution is -2.14. The molecule has 0 aliphatic heterocycles. The molecular formula is C12H13BrFN3O2S. The van der Waals surface area contributed by atoms with Crippen LogP contribution in [0.1, 0.15) is 18.3 Å². The van der Waals surface area contributed by atoms with Gasteiger partial charge >= 0.3 is 0 Å². The molecule has 1 heterocycles. The highest BCUT2D eigenvalue weighted by molar-refractivity contribution is 9.10. The van der Waals surface area contributed by atoms with Crippen molar-refractivity contribution < 1.29 is 12.8 Å². The Morgan fingerprint density at radius 2 is 2.15 bits per heavy atom. The Kier molecular flexibility index (Phi) is 4.14. The average molecular weight is 362 g/mol. The second-order valence-corrected chi connectivity index (χ2v) is 6.74. The van der Waals surface area contributed by atoms with E-state index in [0.29, 0.717) is 17.8 Å². The second kappa shape index (κ2) is 5.53. The third-order valence-electron chi connectivity index (χ3n) is 2.74. The molecule has 0 radical (unpaired) electrons. The highest BCUT2D eigenvalue weighted by Gasteiger charge is 2.18. The maximum absolute atomic E-state index is 13.5. The van der Waals surface area contributed by atoms with Crippen LogP contribution in [0.25, 0.3) is 0 Å². The van der Waals surface area contributed by atoms with Crippen LogP contribution in [0.5, 0.6) is 0 Å². The van der Waals surface area contributed by atoms with Gasteiger partial charge in [-0.3, -0.25) is 4.72 Å². The van der Waals surface area contributed by atoms with Gasteiger partial charge in [-0.1, -0.05) is 6.92 Å². The van der Waals surface area contributed by atoms with Crippen LogP contribution >= 0.6 is 15.9 Å². The van der Waals surface area contributed by atoms with Crippen LogP contribution in [0.2, 0.25) is 0 Å². The fraction of sp³-hybridized carbons (Fsp3) is 0.250.